The average Bonchev–Trinajstić information content (AvgIpc) is 2.26. The van der Waals surface area contributed by atoms with Gasteiger partial charge in [0, 0.05) is 22.9 Å². The molecule has 1 aromatic heterocycles. The first-order chi connectivity index (χ1) is 7.63. The zero-order valence-corrected chi connectivity index (χ0v) is 11.8. The van der Waals surface area contributed by atoms with Crippen molar-refractivity contribution in [3.8, 4) is 0 Å². The van der Waals surface area contributed by atoms with E-state index in [1.54, 1.807) is 30.2 Å². The molecule has 0 radical (unpaired) electrons. The van der Waals surface area contributed by atoms with Crippen molar-refractivity contribution in [3.63, 3.8) is 0 Å². The first kappa shape index (κ1) is 13.5. The minimum absolute atomic E-state index is 0.0672. The molecule has 0 aliphatic carbocycles. The van der Waals surface area contributed by atoms with Crippen LogP contribution < -0.4 is 5.32 Å². The minimum atomic E-state index is -0.0672. The third-order valence-electron chi connectivity index (χ3n) is 2.10. The van der Waals surface area contributed by atoms with E-state index in [1.807, 2.05) is 6.92 Å². The van der Waals surface area contributed by atoms with Crippen LogP contribution in [0, 0.1) is 0 Å². The summed E-state index contributed by atoms with van der Waals surface area (Å²) in [4.78, 5) is 15.8. The van der Waals surface area contributed by atoms with Gasteiger partial charge in [-0.2, -0.15) is 11.8 Å². The van der Waals surface area contributed by atoms with Gasteiger partial charge in [0.05, 0.1) is 5.56 Å². The zero-order chi connectivity index (χ0) is 12.0. The molecule has 16 heavy (non-hydrogen) atoms. The predicted octanol–water partition coefficient (Wildman–Crippen LogP) is 2.72. The Labute approximate surface area is 109 Å². The summed E-state index contributed by atoms with van der Waals surface area (Å²) in [5.74, 6) is 0.987. The summed E-state index contributed by atoms with van der Waals surface area (Å²) >= 11 is 5.08. The maximum Gasteiger partial charge on any atom is 0.253 e. The number of nitrogens with one attached hydrogen (secondary N) is 1. The standard InChI is InChI=1S/C11H15BrN2OS/c1-8(3-4-16-2)14-11(15)9-5-10(12)7-13-6-9/h5-8H,3-4H2,1-2H3,(H,14,15). The van der Waals surface area contributed by atoms with Gasteiger partial charge < -0.3 is 5.32 Å². The number of nitrogens with zero attached hydrogens (tertiary/aromatic N) is 1. The molecule has 0 saturated carbocycles. The maximum atomic E-state index is 11.8. The van der Waals surface area contributed by atoms with E-state index in [2.05, 4.69) is 32.5 Å². The average molecular weight is 303 g/mol. The Kier molecular flexibility index (Phi) is 5.84. The molecule has 0 aliphatic rings. The fraction of sp³-hybridized carbons (Fsp3) is 0.455. The number of amides is 1. The van der Waals surface area contributed by atoms with E-state index in [0.717, 1.165) is 16.6 Å². The molecule has 1 unspecified atom stereocenters. The van der Waals surface area contributed by atoms with Gasteiger partial charge in [0.15, 0.2) is 0 Å². The molecule has 1 atom stereocenters. The number of aromatic nitrogens is 1. The van der Waals surface area contributed by atoms with E-state index in [-0.39, 0.29) is 11.9 Å². The summed E-state index contributed by atoms with van der Waals surface area (Å²) in [6, 6.07) is 1.96. The van der Waals surface area contributed by atoms with E-state index < -0.39 is 0 Å². The highest BCUT2D eigenvalue weighted by Crippen LogP contribution is 2.10. The van der Waals surface area contributed by atoms with Crippen LogP contribution in [0.5, 0.6) is 0 Å². The Morgan fingerprint density at radius 2 is 2.38 bits per heavy atom. The van der Waals surface area contributed by atoms with Crippen LogP contribution in [-0.2, 0) is 0 Å². The Bertz CT molecular complexity index is 360. The normalized spacial score (nSPS) is 12.2. The summed E-state index contributed by atoms with van der Waals surface area (Å²) in [6.45, 7) is 2.01. The summed E-state index contributed by atoms with van der Waals surface area (Å²) in [7, 11) is 0. The molecular weight excluding hydrogens is 288 g/mol. The molecule has 0 fully saturated rings. The number of pyridine rings is 1. The number of rotatable bonds is 5. The van der Waals surface area contributed by atoms with Crippen LogP contribution in [0.3, 0.4) is 0 Å². The number of thioether (sulfide) groups is 1. The molecule has 88 valence electrons. The van der Waals surface area contributed by atoms with Crippen LogP contribution in [0.15, 0.2) is 22.9 Å². The number of hydrogen-bond acceptors (Lipinski definition) is 3. The lowest BCUT2D eigenvalue weighted by molar-refractivity contribution is 0.0939. The van der Waals surface area contributed by atoms with Gasteiger partial charge in [-0.15, -0.1) is 0 Å². The predicted molar refractivity (Wildman–Crippen MR) is 71.9 cm³/mol. The van der Waals surface area contributed by atoms with Crippen LogP contribution in [0.4, 0.5) is 0 Å². The summed E-state index contributed by atoms with van der Waals surface area (Å²) in [5, 5.41) is 2.95. The SMILES string of the molecule is CSCCC(C)NC(=O)c1cncc(Br)c1. The largest absolute Gasteiger partial charge is 0.350 e. The van der Waals surface area contributed by atoms with E-state index in [4.69, 9.17) is 0 Å². The van der Waals surface area contributed by atoms with Crippen LogP contribution in [-0.4, -0.2) is 28.9 Å². The van der Waals surface area contributed by atoms with Crippen LogP contribution in [0.2, 0.25) is 0 Å². The first-order valence-electron chi connectivity index (χ1n) is 5.04. The van der Waals surface area contributed by atoms with Gasteiger partial charge >= 0.3 is 0 Å². The molecule has 0 aromatic carbocycles. The third kappa shape index (κ3) is 4.53. The Balaban J connectivity index is 2.52. The summed E-state index contributed by atoms with van der Waals surface area (Å²) in [5.41, 5.74) is 0.588. The van der Waals surface area contributed by atoms with E-state index in [9.17, 15) is 4.79 Å². The van der Waals surface area contributed by atoms with E-state index >= 15 is 0 Å². The maximum absolute atomic E-state index is 11.8. The van der Waals surface area contributed by atoms with Crippen LogP contribution >= 0.6 is 27.7 Å². The lowest BCUT2D eigenvalue weighted by Gasteiger charge is -2.12. The van der Waals surface area contributed by atoms with Crippen molar-refractivity contribution in [2.24, 2.45) is 0 Å². The van der Waals surface area contributed by atoms with Gasteiger partial charge in [0.25, 0.3) is 5.91 Å². The number of carbonyl (C=O) groups is 1. The minimum Gasteiger partial charge on any atom is -0.350 e. The molecule has 1 rings (SSSR count). The quantitative estimate of drug-likeness (QED) is 0.909. The van der Waals surface area contributed by atoms with Gasteiger partial charge in [-0.05, 0) is 47.3 Å². The Morgan fingerprint density at radius 1 is 1.62 bits per heavy atom. The molecule has 0 spiro atoms. The number of hydrogen-bond donors (Lipinski definition) is 1. The van der Waals surface area contributed by atoms with Crippen molar-refractivity contribution in [2.45, 2.75) is 19.4 Å². The highest BCUT2D eigenvalue weighted by atomic mass is 79.9. The number of carbonyl (C=O) groups excluding carboxylic acids is 1. The fourth-order valence-electron chi connectivity index (χ4n) is 1.21. The molecule has 5 heteroatoms. The molecule has 1 aromatic rings. The van der Waals surface area contributed by atoms with E-state index in [0.29, 0.717) is 5.56 Å². The Morgan fingerprint density at radius 3 is 3.00 bits per heavy atom. The second-order valence-corrected chi connectivity index (χ2v) is 5.45. The number of halogens is 1. The van der Waals surface area contributed by atoms with Crippen molar-refractivity contribution in [1.29, 1.82) is 0 Å². The van der Waals surface area contributed by atoms with Gasteiger partial charge in [0.1, 0.15) is 0 Å². The highest BCUT2D eigenvalue weighted by molar-refractivity contribution is 9.10. The summed E-state index contributed by atoms with van der Waals surface area (Å²) < 4.78 is 0.817. The van der Waals surface area contributed by atoms with E-state index in [1.165, 1.54) is 0 Å². The van der Waals surface area contributed by atoms with Gasteiger partial charge in [0.2, 0.25) is 0 Å². The monoisotopic (exact) mass is 302 g/mol. The van der Waals surface area contributed by atoms with Crippen molar-refractivity contribution < 1.29 is 4.79 Å². The molecule has 0 bridgehead atoms. The second kappa shape index (κ2) is 6.91. The van der Waals surface area contributed by atoms with Gasteiger partial charge in [-0.3, -0.25) is 9.78 Å². The Hall–Kier alpha value is -0.550. The second-order valence-electron chi connectivity index (χ2n) is 3.55. The molecule has 0 aliphatic heterocycles. The van der Waals surface area contributed by atoms with Crippen LogP contribution in [0.1, 0.15) is 23.7 Å². The third-order valence-corrected chi connectivity index (χ3v) is 3.18. The molecular formula is C11H15BrN2OS. The fourth-order valence-corrected chi connectivity index (χ4v) is 2.16. The smallest absolute Gasteiger partial charge is 0.253 e. The molecule has 1 heterocycles. The molecule has 1 N–H and O–H groups in total. The lowest BCUT2D eigenvalue weighted by Crippen LogP contribution is -2.33. The highest BCUT2D eigenvalue weighted by Gasteiger charge is 2.09. The zero-order valence-electron chi connectivity index (χ0n) is 9.37. The van der Waals surface area contributed by atoms with Gasteiger partial charge in [-0.25, -0.2) is 0 Å². The van der Waals surface area contributed by atoms with Crippen molar-refractivity contribution in [3.05, 3.63) is 28.5 Å². The molecule has 3 nitrogen and oxygen atoms in total. The topological polar surface area (TPSA) is 42.0 Å². The molecule has 0 saturated heterocycles. The summed E-state index contributed by atoms with van der Waals surface area (Å²) in [6.07, 6.45) is 6.27. The molecule has 1 amide bonds. The first-order valence-corrected chi connectivity index (χ1v) is 7.22. The van der Waals surface area contributed by atoms with Crippen molar-refractivity contribution >= 4 is 33.6 Å². The van der Waals surface area contributed by atoms with Gasteiger partial charge in [-0.1, -0.05) is 0 Å². The van der Waals surface area contributed by atoms with Crippen molar-refractivity contribution in [2.75, 3.05) is 12.0 Å². The van der Waals surface area contributed by atoms with Crippen molar-refractivity contribution in [1.82, 2.24) is 10.3 Å². The lowest BCUT2D eigenvalue weighted by atomic mass is 10.2. The van der Waals surface area contributed by atoms with Crippen LogP contribution in [0.25, 0.3) is 0 Å².